The molecule has 0 aliphatic carbocycles. The van der Waals surface area contributed by atoms with Crippen molar-refractivity contribution >= 4 is 23.4 Å². The van der Waals surface area contributed by atoms with Gasteiger partial charge in [0.1, 0.15) is 0 Å². The highest BCUT2D eigenvalue weighted by molar-refractivity contribution is 8.00. The van der Waals surface area contributed by atoms with Gasteiger partial charge >= 0.3 is 0 Å². The lowest BCUT2D eigenvalue weighted by molar-refractivity contribution is 0.725. The largest absolute Gasteiger partial charge is 0.323 e. The van der Waals surface area contributed by atoms with E-state index >= 15 is 0 Å². The molecule has 1 aliphatic heterocycles. The zero-order valence-electron chi connectivity index (χ0n) is 6.75. The Morgan fingerprint density at radius 1 is 1.50 bits per heavy atom. The van der Waals surface area contributed by atoms with Crippen LogP contribution in [0.5, 0.6) is 0 Å². The number of thioether (sulfide) groups is 1. The zero-order valence-corrected chi connectivity index (χ0v) is 8.32. The van der Waals surface area contributed by atoms with Crippen molar-refractivity contribution in [2.75, 3.05) is 0 Å². The summed E-state index contributed by atoms with van der Waals surface area (Å²) in [5, 5.41) is 1.25. The summed E-state index contributed by atoms with van der Waals surface area (Å²) in [6, 6.07) is 6.07. The molecular formula is C9H10ClNS. The van der Waals surface area contributed by atoms with E-state index in [-0.39, 0.29) is 6.04 Å². The first-order chi connectivity index (χ1) is 5.68. The number of hydrogen-bond donors (Lipinski definition) is 1. The molecule has 1 aromatic rings. The van der Waals surface area contributed by atoms with Gasteiger partial charge in [-0.2, -0.15) is 0 Å². The summed E-state index contributed by atoms with van der Waals surface area (Å²) in [4.78, 5) is 1.28. The van der Waals surface area contributed by atoms with Crippen LogP contribution in [0.1, 0.15) is 18.5 Å². The van der Waals surface area contributed by atoms with Crippen LogP contribution in [0.3, 0.4) is 0 Å². The SMILES string of the molecule is CC1Sc2ccc(Cl)cc2C1N. The van der Waals surface area contributed by atoms with Gasteiger partial charge in [-0.1, -0.05) is 18.5 Å². The molecule has 0 fully saturated rings. The van der Waals surface area contributed by atoms with Crippen molar-refractivity contribution in [3.8, 4) is 0 Å². The number of halogens is 1. The standard InChI is InChI=1S/C9H10ClNS/c1-5-9(11)7-4-6(10)2-3-8(7)12-5/h2-5,9H,11H2,1H3. The molecule has 1 heterocycles. The predicted octanol–water partition coefficient (Wildman–Crippen LogP) is 2.83. The first-order valence-corrected chi connectivity index (χ1v) is 5.16. The number of hydrogen-bond acceptors (Lipinski definition) is 2. The van der Waals surface area contributed by atoms with Crippen LogP contribution in [0.4, 0.5) is 0 Å². The van der Waals surface area contributed by atoms with Gasteiger partial charge in [-0.3, -0.25) is 0 Å². The summed E-state index contributed by atoms with van der Waals surface area (Å²) in [5.74, 6) is 0. The summed E-state index contributed by atoms with van der Waals surface area (Å²) in [6.07, 6.45) is 0. The van der Waals surface area contributed by atoms with Gasteiger partial charge in [0.15, 0.2) is 0 Å². The van der Waals surface area contributed by atoms with Crippen molar-refractivity contribution in [1.29, 1.82) is 0 Å². The third-order valence-corrected chi connectivity index (χ3v) is 3.68. The molecule has 0 spiro atoms. The van der Waals surface area contributed by atoms with Crippen molar-refractivity contribution in [3.63, 3.8) is 0 Å². The first kappa shape index (κ1) is 8.42. The Hall–Kier alpha value is -0.180. The predicted molar refractivity (Wildman–Crippen MR) is 53.7 cm³/mol. The normalized spacial score (nSPS) is 27.2. The average Bonchev–Trinajstić information content (AvgIpc) is 2.31. The monoisotopic (exact) mass is 199 g/mol. The van der Waals surface area contributed by atoms with E-state index in [1.807, 2.05) is 30.0 Å². The summed E-state index contributed by atoms with van der Waals surface area (Å²) in [5.41, 5.74) is 7.17. The van der Waals surface area contributed by atoms with Gasteiger partial charge in [-0.05, 0) is 23.8 Å². The Bertz CT molecular complexity index is 313. The van der Waals surface area contributed by atoms with Crippen molar-refractivity contribution in [3.05, 3.63) is 28.8 Å². The smallest absolute Gasteiger partial charge is 0.0428 e. The van der Waals surface area contributed by atoms with Crippen molar-refractivity contribution < 1.29 is 0 Å². The molecule has 1 nitrogen and oxygen atoms in total. The highest BCUT2D eigenvalue weighted by Gasteiger charge is 2.26. The Labute approximate surface area is 81.3 Å². The molecule has 0 aromatic heterocycles. The number of nitrogens with two attached hydrogens (primary N) is 1. The second-order valence-electron chi connectivity index (χ2n) is 3.03. The van der Waals surface area contributed by atoms with Crippen LogP contribution < -0.4 is 5.73 Å². The fourth-order valence-electron chi connectivity index (χ4n) is 1.41. The molecule has 2 atom stereocenters. The van der Waals surface area contributed by atoms with Gasteiger partial charge in [0.05, 0.1) is 0 Å². The van der Waals surface area contributed by atoms with Gasteiger partial charge < -0.3 is 5.73 Å². The minimum atomic E-state index is 0.142. The molecule has 0 saturated heterocycles. The number of fused-ring (bicyclic) bond motifs is 1. The van der Waals surface area contributed by atoms with Crippen LogP contribution in [0.15, 0.2) is 23.1 Å². The second-order valence-corrected chi connectivity index (χ2v) is 4.89. The van der Waals surface area contributed by atoms with Gasteiger partial charge in [0.25, 0.3) is 0 Å². The Balaban J connectivity index is 2.48. The molecule has 1 aromatic carbocycles. The maximum absolute atomic E-state index is 5.98. The number of benzene rings is 1. The minimum Gasteiger partial charge on any atom is -0.323 e. The molecule has 12 heavy (non-hydrogen) atoms. The van der Waals surface area contributed by atoms with E-state index in [2.05, 4.69) is 6.92 Å². The summed E-state index contributed by atoms with van der Waals surface area (Å²) in [6.45, 7) is 2.14. The third-order valence-electron chi connectivity index (χ3n) is 2.15. The fourth-order valence-corrected chi connectivity index (χ4v) is 2.77. The number of rotatable bonds is 0. The molecule has 0 radical (unpaired) electrons. The molecule has 64 valence electrons. The van der Waals surface area contributed by atoms with Gasteiger partial charge in [0.2, 0.25) is 0 Å². The lowest BCUT2D eigenvalue weighted by Crippen LogP contribution is -2.15. The summed E-state index contributed by atoms with van der Waals surface area (Å²) in [7, 11) is 0. The van der Waals surface area contributed by atoms with E-state index in [4.69, 9.17) is 17.3 Å². The average molecular weight is 200 g/mol. The maximum atomic E-state index is 5.98. The Morgan fingerprint density at radius 2 is 2.25 bits per heavy atom. The lowest BCUT2D eigenvalue weighted by atomic mass is 10.1. The van der Waals surface area contributed by atoms with Crippen LogP contribution in [0, 0.1) is 0 Å². The van der Waals surface area contributed by atoms with Gasteiger partial charge in [-0.15, -0.1) is 11.8 Å². The molecular weight excluding hydrogens is 190 g/mol. The zero-order chi connectivity index (χ0) is 8.72. The molecule has 0 amide bonds. The molecule has 2 N–H and O–H groups in total. The van der Waals surface area contributed by atoms with Gasteiger partial charge in [-0.25, -0.2) is 0 Å². The summed E-state index contributed by atoms with van der Waals surface area (Å²) >= 11 is 7.70. The molecule has 2 unspecified atom stereocenters. The highest BCUT2D eigenvalue weighted by atomic mass is 35.5. The first-order valence-electron chi connectivity index (χ1n) is 3.90. The molecule has 0 saturated carbocycles. The minimum absolute atomic E-state index is 0.142. The molecule has 0 bridgehead atoms. The van der Waals surface area contributed by atoms with Crippen molar-refractivity contribution in [1.82, 2.24) is 0 Å². The van der Waals surface area contributed by atoms with Crippen molar-refractivity contribution in [2.24, 2.45) is 5.73 Å². The van der Waals surface area contributed by atoms with Crippen LogP contribution in [-0.4, -0.2) is 5.25 Å². The van der Waals surface area contributed by atoms with Crippen LogP contribution in [-0.2, 0) is 0 Å². The molecule has 2 rings (SSSR count). The molecule has 1 aliphatic rings. The molecule has 3 heteroatoms. The lowest BCUT2D eigenvalue weighted by Gasteiger charge is -2.07. The Morgan fingerprint density at radius 3 is 3.00 bits per heavy atom. The third kappa shape index (κ3) is 1.24. The van der Waals surface area contributed by atoms with E-state index in [0.29, 0.717) is 5.25 Å². The van der Waals surface area contributed by atoms with Crippen molar-refractivity contribution in [2.45, 2.75) is 23.1 Å². The van der Waals surface area contributed by atoms with Gasteiger partial charge in [0, 0.05) is 21.2 Å². The van der Waals surface area contributed by atoms with Crippen LogP contribution >= 0.6 is 23.4 Å². The van der Waals surface area contributed by atoms with E-state index < -0.39 is 0 Å². The fraction of sp³-hybridized carbons (Fsp3) is 0.333. The quantitative estimate of drug-likeness (QED) is 0.696. The topological polar surface area (TPSA) is 26.0 Å². The van der Waals surface area contributed by atoms with Crippen LogP contribution in [0.2, 0.25) is 5.02 Å². The van der Waals surface area contributed by atoms with Crippen LogP contribution in [0.25, 0.3) is 0 Å². The highest BCUT2D eigenvalue weighted by Crippen LogP contribution is 2.43. The van der Waals surface area contributed by atoms with E-state index in [0.717, 1.165) is 5.02 Å². The second kappa shape index (κ2) is 2.95. The van der Waals surface area contributed by atoms with E-state index in [1.54, 1.807) is 0 Å². The maximum Gasteiger partial charge on any atom is 0.0428 e. The Kier molecular flexibility index (Phi) is 2.07. The van der Waals surface area contributed by atoms with E-state index in [1.165, 1.54) is 10.5 Å². The summed E-state index contributed by atoms with van der Waals surface area (Å²) < 4.78 is 0. The van der Waals surface area contributed by atoms with E-state index in [9.17, 15) is 0 Å².